The van der Waals surface area contributed by atoms with Crippen molar-refractivity contribution in [1.29, 1.82) is 0 Å². The Bertz CT molecular complexity index is 1060. The molecule has 0 bridgehead atoms. The molecule has 0 unspecified atom stereocenters. The van der Waals surface area contributed by atoms with Crippen molar-refractivity contribution >= 4 is 12.0 Å². The van der Waals surface area contributed by atoms with Crippen LogP contribution in [0, 0.1) is 11.6 Å². The Labute approximate surface area is 165 Å². The predicted octanol–water partition coefficient (Wildman–Crippen LogP) is 3.72. The number of aromatic nitrogens is 1. The molecule has 1 aromatic heterocycles. The second-order valence-electron chi connectivity index (χ2n) is 6.13. The van der Waals surface area contributed by atoms with Gasteiger partial charge in [0, 0.05) is 36.5 Å². The van der Waals surface area contributed by atoms with E-state index in [-0.39, 0.29) is 24.2 Å². The first-order valence-corrected chi connectivity index (χ1v) is 8.68. The molecule has 148 valence electrons. The fraction of sp³-hybridized carbons (Fsp3) is 0.0952. The average molecular weight is 397 g/mol. The van der Waals surface area contributed by atoms with Gasteiger partial charge in [0.2, 0.25) is 0 Å². The number of nitrogens with zero attached hydrogens (tertiary/aromatic N) is 1. The zero-order valence-corrected chi connectivity index (χ0v) is 15.2. The molecule has 29 heavy (non-hydrogen) atoms. The Balaban J connectivity index is 1.85. The normalized spacial score (nSPS) is 10.4. The molecule has 8 heteroatoms. The van der Waals surface area contributed by atoms with Gasteiger partial charge in [-0.15, -0.1) is 0 Å². The molecular weight excluding hydrogens is 380 g/mol. The highest BCUT2D eigenvalue weighted by Crippen LogP contribution is 2.25. The smallest absolute Gasteiger partial charge is 0.404 e. The summed E-state index contributed by atoms with van der Waals surface area (Å²) in [5.41, 5.74) is 2.01. The van der Waals surface area contributed by atoms with Crippen molar-refractivity contribution < 1.29 is 23.5 Å². The highest BCUT2D eigenvalue weighted by Gasteiger charge is 2.17. The van der Waals surface area contributed by atoms with Crippen LogP contribution in [0.3, 0.4) is 0 Å². The monoisotopic (exact) mass is 397 g/mol. The van der Waals surface area contributed by atoms with Crippen LogP contribution >= 0.6 is 0 Å². The summed E-state index contributed by atoms with van der Waals surface area (Å²) in [5.74, 6) is -1.93. The summed E-state index contributed by atoms with van der Waals surface area (Å²) in [6.45, 7) is -0.0779. The molecule has 2 aromatic carbocycles. The SMILES string of the molecule is O=C(O)NCc1ccccc1-c1ncccc1C(=O)NCc1ccc(F)cc1F. The van der Waals surface area contributed by atoms with Crippen molar-refractivity contribution in [1.82, 2.24) is 15.6 Å². The number of halogens is 2. The molecule has 2 amide bonds. The summed E-state index contributed by atoms with van der Waals surface area (Å²) < 4.78 is 26.8. The molecule has 0 aliphatic rings. The Morgan fingerprint density at radius 1 is 0.931 bits per heavy atom. The lowest BCUT2D eigenvalue weighted by atomic mass is 9.99. The Morgan fingerprint density at radius 2 is 1.69 bits per heavy atom. The van der Waals surface area contributed by atoms with E-state index in [1.165, 1.54) is 12.3 Å². The summed E-state index contributed by atoms with van der Waals surface area (Å²) >= 11 is 0. The Hall–Kier alpha value is -3.81. The predicted molar refractivity (Wildman–Crippen MR) is 102 cm³/mol. The van der Waals surface area contributed by atoms with Gasteiger partial charge in [-0.05, 0) is 23.8 Å². The minimum Gasteiger partial charge on any atom is -0.465 e. The van der Waals surface area contributed by atoms with E-state index in [2.05, 4.69) is 15.6 Å². The molecule has 0 saturated carbocycles. The van der Waals surface area contributed by atoms with Crippen LogP contribution in [0.2, 0.25) is 0 Å². The van der Waals surface area contributed by atoms with E-state index in [1.807, 2.05) is 0 Å². The summed E-state index contributed by atoms with van der Waals surface area (Å²) in [4.78, 5) is 27.8. The summed E-state index contributed by atoms with van der Waals surface area (Å²) in [6, 6.07) is 13.3. The Kier molecular flexibility index (Phi) is 6.13. The number of carbonyl (C=O) groups is 2. The van der Waals surface area contributed by atoms with Crippen LogP contribution in [0.1, 0.15) is 21.5 Å². The van der Waals surface area contributed by atoms with E-state index < -0.39 is 23.6 Å². The van der Waals surface area contributed by atoms with E-state index in [1.54, 1.807) is 36.4 Å². The zero-order valence-electron chi connectivity index (χ0n) is 15.2. The molecule has 0 radical (unpaired) electrons. The molecule has 0 aliphatic heterocycles. The minimum absolute atomic E-state index is 0.0456. The van der Waals surface area contributed by atoms with Gasteiger partial charge in [-0.2, -0.15) is 0 Å². The van der Waals surface area contributed by atoms with Crippen molar-refractivity contribution in [3.05, 3.63) is 89.1 Å². The van der Waals surface area contributed by atoms with Crippen molar-refractivity contribution in [3.8, 4) is 11.3 Å². The van der Waals surface area contributed by atoms with Crippen molar-refractivity contribution in [2.24, 2.45) is 0 Å². The van der Waals surface area contributed by atoms with Gasteiger partial charge in [0.25, 0.3) is 5.91 Å². The van der Waals surface area contributed by atoms with E-state index >= 15 is 0 Å². The van der Waals surface area contributed by atoms with Gasteiger partial charge in [-0.1, -0.05) is 30.3 Å². The number of carbonyl (C=O) groups excluding carboxylic acids is 1. The maximum Gasteiger partial charge on any atom is 0.404 e. The van der Waals surface area contributed by atoms with Gasteiger partial charge in [0.15, 0.2) is 0 Å². The van der Waals surface area contributed by atoms with Crippen LogP contribution in [0.4, 0.5) is 13.6 Å². The number of rotatable bonds is 6. The molecule has 3 N–H and O–H groups in total. The van der Waals surface area contributed by atoms with Crippen molar-refractivity contribution in [3.63, 3.8) is 0 Å². The summed E-state index contributed by atoms with van der Waals surface area (Å²) in [5, 5.41) is 13.8. The van der Waals surface area contributed by atoms with Crippen LogP contribution in [-0.2, 0) is 13.1 Å². The van der Waals surface area contributed by atoms with Gasteiger partial charge in [-0.25, -0.2) is 13.6 Å². The third kappa shape index (κ3) is 4.92. The zero-order chi connectivity index (χ0) is 20.8. The van der Waals surface area contributed by atoms with Gasteiger partial charge < -0.3 is 15.7 Å². The second kappa shape index (κ2) is 8.92. The number of hydrogen-bond donors (Lipinski definition) is 3. The Morgan fingerprint density at radius 3 is 2.45 bits per heavy atom. The topological polar surface area (TPSA) is 91.3 Å². The first-order chi connectivity index (χ1) is 14.0. The molecular formula is C21H17F2N3O3. The molecule has 0 fully saturated rings. The maximum absolute atomic E-state index is 13.8. The van der Waals surface area contributed by atoms with Gasteiger partial charge in [-0.3, -0.25) is 9.78 Å². The molecule has 0 spiro atoms. The summed E-state index contributed by atoms with van der Waals surface area (Å²) in [7, 11) is 0. The largest absolute Gasteiger partial charge is 0.465 e. The van der Waals surface area contributed by atoms with E-state index in [9.17, 15) is 18.4 Å². The van der Waals surface area contributed by atoms with Gasteiger partial charge in [0.1, 0.15) is 11.6 Å². The van der Waals surface area contributed by atoms with Crippen molar-refractivity contribution in [2.75, 3.05) is 0 Å². The van der Waals surface area contributed by atoms with Gasteiger partial charge in [0.05, 0.1) is 11.3 Å². The number of amides is 2. The lowest BCUT2D eigenvalue weighted by Crippen LogP contribution is -2.24. The molecule has 3 rings (SSSR count). The number of hydrogen-bond acceptors (Lipinski definition) is 3. The molecule has 0 saturated heterocycles. The second-order valence-corrected chi connectivity index (χ2v) is 6.13. The number of pyridine rings is 1. The maximum atomic E-state index is 13.8. The molecule has 0 atom stereocenters. The third-order valence-corrected chi connectivity index (χ3v) is 4.21. The van der Waals surface area contributed by atoms with Crippen LogP contribution in [0.5, 0.6) is 0 Å². The lowest BCUT2D eigenvalue weighted by molar-refractivity contribution is 0.0951. The number of nitrogens with one attached hydrogen (secondary N) is 2. The number of carboxylic acid groups (broad SMARTS) is 1. The van der Waals surface area contributed by atoms with E-state index in [4.69, 9.17) is 5.11 Å². The van der Waals surface area contributed by atoms with Crippen LogP contribution in [-0.4, -0.2) is 22.1 Å². The minimum atomic E-state index is -1.17. The van der Waals surface area contributed by atoms with Crippen LogP contribution in [0.25, 0.3) is 11.3 Å². The van der Waals surface area contributed by atoms with E-state index in [0.717, 1.165) is 12.1 Å². The van der Waals surface area contributed by atoms with E-state index in [0.29, 0.717) is 16.8 Å². The first-order valence-electron chi connectivity index (χ1n) is 8.68. The first kappa shape index (κ1) is 19.9. The summed E-state index contributed by atoms with van der Waals surface area (Å²) in [6.07, 6.45) is 0.354. The molecule has 3 aromatic rings. The fourth-order valence-corrected chi connectivity index (χ4v) is 2.82. The average Bonchev–Trinajstić information content (AvgIpc) is 2.71. The van der Waals surface area contributed by atoms with Crippen LogP contribution < -0.4 is 10.6 Å². The highest BCUT2D eigenvalue weighted by molar-refractivity contribution is 6.00. The number of benzene rings is 2. The fourth-order valence-electron chi connectivity index (χ4n) is 2.82. The standard InChI is InChI=1S/C21H17F2N3O3/c22-15-8-7-14(18(23)10-15)12-25-20(27)17-6-3-9-24-19(17)16-5-2-1-4-13(16)11-26-21(28)29/h1-10,26H,11-12H2,(H,25,27)(H,28,29). The highest BCUT2D eigenvalue weighted by atomic mass is 19.1. The third-order valence-electron chi connectivity index (χ3n) is 4.21. The van der Waals surface area contributed by atoms with Crippen molar-refractivity contribution in [2.45, 2.75) is 13.1 Å². The quantitative estimate of drug-likeness (QED) is 0.591. The lowest BCUT2D eigenvalue weighted by Gasteiger charge is -2.13. The van der Waals surface area contributed by atoms with Gasteiger partial charge >= 0.3 is 6.09 Å². The molecule has 1 heterocycles. The molecule has 0 aliphatic carbocycles. The van der Waals surface area contributed by atoms with Crippen LogP contribution in [0.15, 0.2) is 60.8 Å². The molecule has 6 nitrogen and oxygen atoms in total.